The second-order valence-corrected chi connectivity index (χ2v) is 5.02. The molecule has 0 fully saturated rings. The molecule has 4 N–H and O–H groups in total. The summed E-state index contributed by atoms with van der Waals surface area (Å²) in [5.74, 6) is -0.324. The molecule has 1 heterocycles. The molecule has 0 saturated heterocycles. The summed E-state index contributed by atoms with van der Waals surface area (Å²) in [4.78, 5) is 3.24. The molecule has 1 aromatic carbocycles. The molecule has 0 aliphatic heterocycles. The van der Waals surface area contributed by atoms with E-state index in [0.717, 1.165) is 0 Å². The Hall–Kier alpha value is -1.53. The van der Waals surface area contributed by atoms with E-state index in [1.165, 1.54) is 17.4 Å². The maximum atomic E-state index is 9.59. The van der Waals surface area contributed by atoms with Crippen LogP contribution in [0.4, 0.5) is 0 Å². The normalized spacial score (nSPS) is 10.5. The van der Waals surface area contributed by atoms with Crippen molar-refractivity contribution in [1.29, 1.82) is 0 Å². The summed E-state index contributed by atoms with van der Waals surface area (Å²) in [5, 5.41) is 28.4. The summed E-state index contributed by atoms with van der Waals surface area (Å²) in [5.41, 5.74) is 0.542. The van der Waals surface area contributed by atoms with Gasteiger partial charge in [-0.25, -0.2) is 0 Å². The smallest absolute Gasteiger partial charge is 0.203 e. The summed E-state index contributed by atoms with van der Waals surface area (Å²) in [6, 6.07) is 4.71. The van der Waals surface area contributed by atoms with E-state index in [1.807, 2.05) is 0 Å². The number of aromatic hydroxyl groups is 3. The lowest BCUT2D eigenvalue weighted by Crippen LogP contribution is -1.86. The second-order valence-electron chi connectivity index (χ2n) is 3.25. The molecule has 0 saturated carbocycles. The number of aromatic nitrogens is 1. The van der Waals surface area contributed by atoms with Crippen LogP contribution in [0.2, 0.25) is 0 Å². The minimum Gasteiger partial charge on any atom is -0.504 e. The quantitative estimate of drug-likeness (QED) is 0.491. The SMILES string of the molecule is Oc1cccc(Cc2sc(=S)[nH]c2O)c1O. The van der Waals surface area contributed by atoms with Crippen molar-refractivity contribution in [2.75, 3.05) is 0 Å². The molecule has 16 heavy (non-hydrogen) atoms. The van der Waals surface area contributed by atoms with Crippen LogP contribution in [-0.4, -0.2) is 20.3 Å². The molecule has 2 aromatic rings. The Morgan fingerprint density at radius 3 is 2.62 bits per heavy atom. The lowest BCUT2D eigenvalue weighted by atomic mass is 10.1. The van der Waals surface area contributed by atoms with Gasteiger partial charge in [0.15, 0.2) is 15.5 Å². The van der Waals surface area contributed by atoms with E-state index in [4.69, 9.17) is 12.2 Å². The molecule has 1 aromatic heterocycles. The number of hydrogen-bond acceptors (Lipinski definition) is 5. The molecular weight excluding hydrogens is 246 g/mol. The van der Waals surface area contributed by atoms with E-state index in [0.29, 0.717) is 20.8 Å². The predicted octanol–water partition coefficient (Wildman–Crippen LogP) is 2.51. The van der Waals surface area contributed by atoms with Gasteiger partial charge < -0.3 is 20.3 Å². The van der Waals surface area contributed by atoms with Gasteiger partial charge in [0.2, 0.25) is 5.88 Å². The Bertz CT molecular complexity index is 574. The monoisotopic (exact) mass is 255 g/mol. The molecular formula is C10H9NO3S2. The van der Waals surface area contributed by atoms with Crippen LogP contribution in [-0.2, 0) is 6.42 Å². The minimum absolute atomic E-state index is 0.0118. The number of aromatic amines is 1. The van der Waals surface area contributed by atoms with Gasteiger partial charge in [0.25, 0.3) is 0 Å². The summed E-state index contributed by atoms with van der Waals surface area (Å²) in [7, 11) is 0. The number of rotatable bonds is 2. The highest BCUT2D eigenvalue weighted by Gasteiger charge is 2.11. The van der Waals surface area contributed by atoms with E-state index in [9.17, 15) is 15.3 Å². The van der Waals surface area contributed by atoms with Crippen molar-refractivity contribution >= 4 is 23.6 Å². The van der Waals surface area contributed by atoms with Crippen molar-refractivity contribution in [3.8, 4) is 17.4 Å². The van der Waals surface area contributed by atoms with Gasteiger partial charge in [-0.15, -0.1) is 11.3 Å². The number of hydrogen-bond donors (Lipinski definition) is 4. The van der Waals surface area contributed by atoms with Gasteiger partial charge in [0.05, 0.1) is 4.88 Å². The highest BCUT2D eigenvalue weighted by Crippen LogP contribution is 2.32. The number of phenols is 2. The molecule has 6 heteroatoms. The number of benzene rings is 1. The van der Waals surface area contributed by atoms with E-state index < -0.39 is 0 Å². The first-order valence-electron chi connectivity index (χ1n) is 4.48. The maximum Gasteiger partial charge on any atom is 0.203 e. The zero-order valence-electron chi connectivity index (χ0n) is 8.10. The molecule has 4 nitrogen and oxygen atoms in total. The zero-order valence-corrected chi connectivity index (χ0v) is 9.73. The number of para-hydroxylation sites is 1. The lowest BCUT2D eigenvalue weighted by molar-refractivity contribution is 0.399. The average Bonchev–Trinajstić information content (AvgIpc) is 2.53. The van der Waals surface area contributed by atoms with Crippen molar-refractivity contribution < 1.29 is 15.3 Å². The Morgan fingerprint density at radius 2 is 2.00 bits per heavy atom. The summed E-state index contributed by atoms with van der Waals surface area (Å²) < 4.78 is 0.479. The van der Waals surface area contributed by atoms with Crippen molar-refractivity contribution in [2.45, 2.75) is 6.42 Å². The zero-order chi connectivity index (χ0) is 11.7. The van der Waals surface area contributed by atoms with Crippen LogP contribution in [0, 0.1) is 3.95 Å². The first-order valence-corrected chi connectivity index (χ1v) is 5.71. The number of H-pyrrole nitrogens is 1. The van der Waals surface area contributed by atoms with Gasteiger partial charge in [0, 0.05) is 12.0 Å². The lowest BCUT2D eigenvalue weighted by Gasteiger charge is -2.04. The third-order valence-corrected chi connectivity index (χ3v) is 3.37. The molecule has 0 atom stereocenters. The van der Waals surface area contributed by atoms with Gasteiger partial charge in [0.1, 0.15) is 0 Å². The molecule has 0 aliphatic carbocycles. The van der Waals surface area contributed by atoms with Crippen molar-refractivity contribution in [2.24, 2.45) is 0 Å². The fraction of sp³-hybridized carbons (Fsp3) is 0.100. The summed E-state index contributed by atoms with van der Waals surface area (Å²) in [6.07, 6.45) is 0.323. The molecule has 0 aliphatic rings. The van der Waals surface area contributed by atoms with E-state index in [-0.39, 0.29) is 17.4 Å². The number of thiazole rings is 1. The number of nitrogens with one attached hydrogen (secondary N) is 1. The minimum atomic E-state index is -0.170. The number of phenolic OH excluding ortho intramolecular Hbond substituents is 2. The van der Waals surface area contributed by atoms with Crippen LogP contribution in [0.5, 0.6) is 17.4 Å². The van der Waals surface area contributed by atoms with E-state index in [2.05, 4.69) is 4.98 Å². The predicted molar refractivity (Wildman–Crippen MR) is 63.7 cm³/mol. The third-order valence-electron chi connectivity index (χ3n) is 2.15. The first kappa shape index (κ1) is 11.0. The third kappa shape index (κ3) is 2.02. The standard InChI is InChI=1S/C10H9NO3S2/c12-6-3-1-2-5(8(6)13)4-7-9(14)11-10(15)16-7/h1-3,12-14H,4H2,(H,11,15). The van der Waals surface area contributed by atoms with Crippen LogP contribution in [0.15, 0.2) is 18.2 Å². The highest BCUT2D eigenvalue weighted by atomic mass is 32.1. The summed E-state index contributed by atoms with van der Waals surface area (Å²) in [6.45, 7) is 0. The van der Waals surface area contributed by atoms with Crippen LogP contribution in [0.25, 0.3) is 0 Å². The molecule has 84 valence electrons. The largest absolute Gasteiger partial charge is 0.504 e. The van der Waals surface area contributed by atoms with Crippen LogP contribution in [0.3, 0.4) is 0 Å². The molecule has 0 bridgehead atoms. The molecule has 2 rings (SSSR count). The highest BCUT2D eigenvalue weighted by molar-refractivity contribution is 7.73. The van der Waals surface area contributed by atoms with Gasteiger partial charge in [-0.2, -0.15) is 0 Å². The fourth-order valence-electron chi connectivity index (χ4n) is 1.37. The van der Waals surface area contributed by atoms with Gasteiger partial charge in [-0.05, 0) is 18.3 Å². The van der Waals surface area contributed by atoms with E-state index >= 15 is 0 Å². The summed E-state index contributed by atoms with van der Waals surface area (Å²) >= 11 is 6.13. The topological polar surface area (TPSA) is 76.5 Å². The fourth-order valence-corrected chi connectivity index (χ4v) is 2.51. The van der Waals surface area contributed by atoms with Crippen LogP contribution < -0.4 is 0 Å². The molecule has 0 radical (unpaired) electrons. The Morgan fingerprint density at radius 1 is 1.25 bits per heavy atom. The van der Waals surface area contributed by atoms with E-state index in [1.54, 1.807) is 12.1 Å². The second kappa shape index (κ2) is 4.15. The van der Waals surface area contributed by atoms with Crippen molar-refractivity contribution in [3.05, 3.63) is 32.6 Å². The maximum absolute atomic E-state index is 9.59. The van der Waals surface area contributed by atoms with Crippen molar-refractivity contribution in [1.82, 2.24) is 4.98 Å². The van der Waals surface area contributed by atoms with Gasteiger partial charge in [-0.1, -0.05) is 12.1 Å². The van der Waals surface area contributed by atoms with Crippen LogP contribution >= 0.6 is 23.6 Å². The average molecular weight is 255 g/mol. The first-order chi connectivity index (χ1) is 7.58. The molecule has 0 amide bonds. The van der Waals surface area contributed by atoms with Gasteiger partial charge in [-0.3, -0.25) is 0 Å². The van der Waals surface area contributed by atoms with Crippen molar-refractivity contribution in [3.63, 3.8) is 0 Å². The molecule has 0 spiro atoms. The Labute approximate surface area is 100 Å². The Balaban J connectivity index is 2.37. The Kier molecular flexibility index (Phi) is 2.84. The van der Waals surface area contributed by atoms with Crippen LogP contribution in [0.1, 0.15) is 10.4 Å². The van der Waals surface area contributed by atoms with Gasteiger partial charge >= 0.3 is 0 Å². The molecule has 0 unspecified atom stereocenters.